The van der Waals surface area contributed by atoms with Crippen LogP contribution in [0.3, 0.4) is 0 Å². The highest BCUT2D eigenvalue weighted by Crippen LogP contribution is 2.24. The van der Waals surface area contributed by atoms with E-state index in [1.54, 1.807) is 7.11 Å². The van der Waals surface area contributed by atoms with Crippen LogP contribution in [-0.4, -0.2) is 54.9 Å². The summed E-state index contributed by atoms with van der Waals surface area (Å²) in [6.45, 7) is 8.69. The van der Waals surface area contributed by atoms with Crippen LogP contribution in [0, 0.1) is 13.8 Å². The van der Waals surface area contributed by atoms with Gasteiger partial charge >= 0.3 is 0 Å². The zero-order chi connectivity index (χ0) is 18.4. The van der Waals surface area contributed by atoms with Crippen LogP contribution in [0.1, 0.15) is 42.9 Å². The maximum atomic E-state index is 12.6. The minimum absolute atomic E-state index is 0.133. The molecular weight excluding hydrogens is 316 g/mol. The van der Waals surface area contributed by atoms with E-state index in [9.17, 15) is 9.59 Å². The van der Waals surface area contributed by atoms with Gasteiger partial charge in [-0.3, -0.25) is 9.59 Å². The average molecular weight is 346 g/mol. The number of carbonyl (C=O) groups excluding carboxylic acids is 2. The van der Waals surface area contributed by atoms with Gasteiger partial charge < -0.3 is 14.5 Å². The van der Waals surface area contributed by atoms with Gasteiger partial charge in [-0.05, 0) is 43.0 Å². The average Bonchev–Trinajstić information content (AvgIpc) is 2.63. The summed E-state index contributed by atoms with van der Waals surface area (Å²) in [6, 6.07) is 3.90. The molecule has 138 valence electrons. The van der Waals surface area contributed by atoms with Crippen molar-refractivity contribution in [2.75, 3.05) is 33.3 Å². The largest absolute Gasteiger partial charge is 0.496 e. The Morgan fingerprint density at radius 3 is 2.16 bits per heavy atom. The number of methoxy groups -OCH3 is 1. The van der Waals surface area contributed by atoms with Crippen LogP contribution in [0.25, 0.3) is 0 Å². The van der Waals surface area contributed by atoms with Gasteiger partial charge in [0.15, 0.2) is 0 Å². The van der Waals surface area contributed by atoms with Crippen molar-refractivity contribution in [2.45, 2.75) is 46.5 Å². The molecule has 1 aromatic carbocycles. The molecule has 0 bridgehead atoms. The molecule has 5 heteroatoms. The number of rotatable bonds is 6. The second kappa shape index (κ2) is 8.88. The second-order valence-electron chi connectivity index (χ2n) is 6.72. The third kappa shape index (κ3) is 4.74. The molecule has 0 unspecified atom stereocenters. The quantitative estimate of drug-likeness (QED) is 0.796. The number of piperazine rings is 1. The standard InChI is InChI=1S/C20H30N2O3/c1-5-6-7-19(23)21-10-12-22(13-11-21)20(24)14-17-8-9-18(25-4)16(3)15(17)2/h8-9H,5-7,10-14H2,1-4H3. The van der Waals surface area contributed by atoms with Crippen LogP contribution < -0.4 is 4.74 Å². The molecule has 0 spiro atoms. The number of nitrogens with zero attached hydrogens (tertiary/aromatic N) is 2. The summed E-state index contributed by atoms with van der Waals surface area (Å²) < 4.78 is 5.33. The predicted octanol–water partition coefficient (Wildman–Crippen LogP) is 2.72. The van der Waals surface area contributed by atoms with Gasteiger partial charge in [-0.25, -0.2) is 0 Å². The van der Waals surface area contributed by atoms with E-state index in [4.69, 9.17) is 4.74 Å². The molecular formula is C20H30N2O3. The van der Waals surface area contributed by atoms with Crippen molar-refractivity contribution in [1.82, 2.24) is 9.80 Å². The summed E-state index contributed by atoms with van der Waals surface area (Å²) in [7, 11) is 1.66. The van der Waals surface area contributed by atoms with Crippen molar-refractivity contribution in [3.8, 4) is 5.75 Å². The first-order chi connectivity index (χ1) is 12.0. The van der Waals surface area contributed by atoms with Gasteiger partial charge in [-0.15, -0.1) is 0 Å². The van der Waals surface area contributed by atoms with Crippen LogP contribution in [0.4, 0.5) is 0 Å². The fourth-order valence-electron chi connectivity index (χ4n) is 3.23. The third-order valence-electron chi connectivity index (χ3n) is 5.14. The van der Waals surface area contributed by atoms with E-state index < -0.39 is 0 Å². The van der Waals surface area contributed by atoms with Crippen molar-refractivity contribution in [3.63, 3.8) is 0 Å². The number of hydrogen-bond acceptors (Lipinski definition) is 3. The first kappa shape index (κ1) is 19.3. The maximum Gasteiger partial charge on any atom is 0.227 e. The van der Waals surface area contributed by atoms with E-state index in [1.807, 2.05) is 35.8 Å². The Kier molecular flexibility index (Phi) is 6.85. The summed E-state index contributed by atoms with van der Waals surface area (Å²) >= 11 is 0. The number of benzene rings is 1. The van der Waals surface area contributed by atoms with Crippen LogP contribution in [0.15, 0.2) is 12.1 Å². The normalized spacial score (nSPS) is 14.6. The molecule has 2 rings (SSSR count). The highest BCUT2D eigenvalue weighted by molar-refractivity contribution is 5.80. The molecule has 5 nitrogen and oxygen atoms in total. The van der Waals surface area contributed by atoms with Gasteiger partial charge in [-0.2, -0.15) is 0 Å². The van der Waals surface area contributed by atoms with Gasteiger partial charge in [0.05, 0.1) is 13.5 Å². The molecule has 1 aliphatic heterocycles. The summed E-state index contributed by atoms with van der Waals surface area (Å²) in [5.74, 6) is 1.21. The molecule has 1 aromatic rings. The summed E-state index contributed by atoms with van der Waals surface area (Å²) in [4.78, 5) is 28.5. The van der Waals surface area contributed by atoms with Crippen molar-refractivity contribution in [2.24, 2.45) is 0 Å². The van der Waals surface area contributed by atoms with Crippen LogP contribution >= 0.6 is 0 Å². The molecule has 0 aliphatic carbocycles. The molecule has 1 fully saturated rings. The molecule has 0 aromatic heterocycles. The number of unbranched alkanes of at least 4 members (excludes halogenated alkanes) is 1. The van der Waals surface area contributed by atoms with Gasteiger partial charge in [0.25, 0.3) is 0 Å². The fourth-order valence-corrected chi connectivity index (χ4v) is 3.23. The lowest BCUT2D eigenvalue weighted by atomic mass is 9.99. The lowest BCUT2D eigenvalue weighted by Gasteiger charge is -2.35. The highest BCUT2D eigenvalue weighted by atomic mass is 16.5. The van der Waals surface area contributed by atoms with E-state index in [-0.39, 0.29) is 11.8 Å². The van der Waals surface area contributed by atoms with Gasteiger partial charge in [0.2, 0.25) is 11.8 Å². The van der Waals surface area contributed by atoms with Crippen LogP contribution in [-0.2, 0) is 16.0 Å². The zero-order valence-electron chi connectivity index (χ0n) is 15.9. The lowest BCUT2D eigenvalue weighted by molar-refractivity contribution is -0.139. The minimum Gasteiger partial charge on any atom is -0.496 e. The van der Waals surface area contributed by atoms with Gasteiger partial charge in [0.1, 0.15) is 5.75 Å². The predicted molar refractivity (Wildman–Crippen MR) is 98.9 cm³/mol. The van der Waals surface area contributed by atoms with Crippen molar-refractivity contribution < 1.29 is 14.3 Å². The third-order valence-corrected chi connectivity index (χ3v) is 5.14. The monoisotopic (exact) mass is 346 g/mol. The van der Waals surface area contributed by atoms with Crippen molar-refractivity contribution in [1.29, 1.82) is 0 Å². The first-order valence-corrected chi connectivity index (χ1v) is 9.16. The van der Waals surface area contributed by atoms with Crippen molar-refractivity contribution >= 4 is 11.8 Å². The molecule has 2 amide bonds. The Bertz CT molecular complexity index is 620. The Labute approximate surface area is 150 Å². The van der Waals surface area contributed by atoms with E-state index in [1.165, 1.54) is 0 Å². The number of carbonyl (C=O) groups is 2. The van der Waals surface area contributed by atoms with Crippen LogP contribution in [0.5, 0.6) is 5.75 Å². The molecule has 0 atom stereocenters. The lowest BCUT2D eigenvalue weighted by Crippen LogP contribution is -2.51. The summed E-state index contributed by atoms with van der Waals surface area (Å²) in [6.07, 6.45) is 2.99. The fraction of sp³-hybridized carbons (Fsp3) is 0.600. The molecule has 0 N–H and O–H groups in total. The van der Waals surface area contributed by atoms with Crippen molar-refractivity contribution in [3.05, 3.63) is 28.8 Å². The Morgan fingerprint density at radius 2 is 1.60 bits per heavy atom. The molecule has 0 saturated carbocycles. The first-order valence-electron chi connectivity index (χ1n) is 9.16. The molecule has 25 heavy (non-hydrogen) atoms. The Morgan fingerprint density at radius 1 is 1.00 bits per heavy atom. The van der Waals surface area contributed by atoms with Crippen LogP contribution in [0.2, 0.25) is 0 Å². The molecule has 1 aliphatic rings. The van der Waals surface area contributed by atoms with E-state index in [0.717, 1.165) is 35.3 Å². The van der Waals surface area contributed by atoms with Gasteiger partial charge in [0, 0.05) is 32.6 Å². The van der Waals surface area contributed by atoms with E-state index in [0.29, 0.717) is 39.0 Å². The molecule has 1 heterocycles. The van der Waals surface area contributed by atoms with E-state index in [2.05, 4.69) is 6.92 Å². The van der Waals surface area contributed by atoms with Gasteiger partial charge in [-0.1, -0.05) is 19.4 Å². The highest BCUT2D eigenvalue weighted by Gasteiger charge is 2.24. The minimum atomic E-state index is 0.133. The SMILES string of the molecule is CCCCC(=O)N1CCN(C(=O)Cc2ccc(OC)c(C)c2C)CC1. The second-order valence-corrected chi connectivity index (χ2v) is 6.72. The molecule has 0 radical (unpaired) electrons. The zero-order valence-corrected chi connectivity index (χ0v) is 15.9. The Hall–Kier alpha value is -2.04. The number of amides is 2. The number of hydrogen-bond donors (Lipinski definition) is 0. The maximum absolute atomic E-state index is 12.6. The number of ether oxygens (including phenoxy) is 1. The topological polar surface area (TPSA) is 49.9 Å². The molecule has 1 saturated heterocycles. The Balaban J connectivity index is 1.91. The summed E-state index contributed by atoms with van der Waals surface area (Å²) in [5, 5.41) is 0. The smallest absolute Gasteiger partial charge is 0.227 e. The summed E-state index contributed by atoms with van der Waals surface area (Å²) in [5.41, 5.74) is 3.24. The van der Waals surface area contributed by atoms with E-state index >= 15 is 0 Å².